The molecule has 86 valence electrons. The molecule has 1 atom stereocenters. The number of hydrogen-bond donors (Lipinski definition) is 1. The highest BCUT2D eigenvalue weighted by Gasteiger charge is 2.52. The smallest absolute Gasteiger partial charge is 0.224 e. The molecule has 0 amide bonds. The molecule has 3 nitrogen and oxygen atoms in total. The molecule has 1 N–H and O–H groups in total. The third-order valence-corrected chi connectivity index (χ3v) is 4.59. The van der Waals surface area contributed by atoms with E-state index in [2.05, 4.69) is 31.2 Å². The molecule has 1 aromatic rings. The van der Waals surface area contributed by atoms with Crippen LogP contribution in [0.3, 0.4) is 0 Å². The van der Waals surface area contributed by atoms with Crippen molar-refractivity contribution in [1.29, 1.82) is 0 Å². The molecular weight excluding hydrogens is 289 g/mol. The predicted octanol–water partition coefficient (Wildman–Crippen LogP) is 3.64. The summed E-state index contributed by atoms with van der Waals surface area (Å²) in [6.45, 7) is 0. The molecule has 1 spiro atoms. The normalized spacial score (nSPS) is 26.0. The van der Waals surface area contributed by atoms with Crippen molar-refractivity contribution in [3.05, 3.63) is 16.0 Å². The highest BCUT2D eigenvalue weighted by Crippen LogP contribution is 2.58. The van der Waals surface area contributed by atoms with Crippen molar-refractivity contribution in [1.82, 2.24) is 9.97 Å². The minimum atomic E-state index is 0.300. The van der Waals surface area contributed by atoms with Gasteiger partial charge in [0.15, 0.2) is 0 Å². The lowest BCUT2D eigenvalue weighted by molar-refractivity contribution is 0.485. The summed E-state index contributed by atoms with van der Waals surface area (Å²) in [7, 11) is 0. The van der Waals surface area contributed by atoms with Gasteiger partial charge in [-0.15, -0.1) is 0 Å². The molecule has 0 radical (unpaired) electrons. The van der Waals surface area contributed by atoms with Gasteiger partial charge >= 0.3 is 0 Å². The summed E-state index contributed by atoms with van der Waals surface area (Å²) in [5.74, 6) is 0.832. The standard InChI is InChI=1S/C11H13BrClN3/c12-7-6-14-10(13)16-9(7)15-8-2-1-3-11(8)4-5-11/h6,8H,1-5H2,(H,14,15,16). The Morgan fingerprint density at radius 3 is 3.00 bits per heavy atom. The molecular formula is C11H13BrClN3. The summed E-state index contributed by atoms with van der Waals surface area (Å²) in [5.41, 5.74) is 0.566. The Hall–Kier alpha value is -0.350. The summed E-state index contributed by atoms with van der Waals surface area (Å²) in [4.78, 5) is 8.16. The van der Waals surface area contributed by atoms with Crippen molar-refractivity contribution in [2.24, 2.45) is 5.41 Å². The average molecular weight is 303 g/mol. The number of nitrogens with zero attached hydrogens (tertiary/aromatic N) is 2. The molecule has 5 heteroatoms. The van der Waals surface area contributed by atoms with Crippen molar-refractivity contribution in [3.8, 4) is 0 Å². The van der Waals surface area contributed by atoms with Gasteiger partial charge in [-0.1, -0.05) is 6.42 Å². The quantitative estimate of drug-likeness (QED) is 0.848. The summed E-state index contributed by atoms with van der Waals surface area (Å²) >= 11 is 9.26. The first-order valence-electron chi connectivity index (χ1n) is 5.64. The van der Waals surface area contributed by atoms with Crippen LogP contribution in [0.4, 0.5) is 5.82 Å². The largest absolute Gasteiger partial charge is 0.366 e. The lowest BCUT2D eigenvalue weighted by atomic mass is 10.0. The minimum Gasteiger partial charge on any atom is -0.366 e. The number of rotatable bonds is 2. The summed E-state index contributed by atoms with van der Waals surface area (Å²) < 4.78 is 0.889. The molecule has 1 aromatic heterocycles. The highest BCUT2D eigenvalue weighted by molar-refractivity contribution is 9.10. The second kappa shape index (κ2) is 3.84. The van der Waals surface area contributed by atoms with Crippen LogP contribution in [0.1, 0.15) is 32.1 Å². The van der Waals surface area contributed by atoms with Crippen molar-refractivity contribution in [2.45, 2.75) is 38.1 Å². The van der Waals surface area contributed by atoms with Gasteiger partial charge in [0.1, 0.15) is 5.82 Å². The van der Waals surface area contributed by atoms with E-state index in [0.717, 1.165) is 10.3 Å². The van der Waals surface area contributed by atoms with E-state index in [1.807, 2.05) is 0 Å². The van der Waals surface area contributed by atoms with E-state index >= 15 is 0 Å². The van der Waals surface area contributed by atoms with Crippen LogP contribution in [0.5, 0.6) is 0 Å². The number of anilines is 1. The Kier molecular flexibility index (Phi) is 2.59. The van der Waals surface area contributed by atoms with Crippen LogP contribution in [0.2, 0.25) is 5.28 Å². The van der Waals surface area contributed by atoms with Gasteiger partial charge in [-0.05, 0) is 58.6 Å². The van der Waals surface area contributed by atoms with E-state index in [4.69, 9.17) is 11.6 Å². The highest BCUT2D eigenvalue weighted by atomic mass is 79.9. The Morgan fingerprint density at radius 1 is 1.44 bits per heavy atom. The van der Waals surface area contributed by atoms with Gasteiger partial charge in [0, 0.05) is 12.2 Å². The lowest BCUT2D eigenvalue weighted by Crippen LogP contribution is -2.25. The van der Waals surface area contributed by atoms with E-state index < -0.39 is 0 Å². The molecule has 0 saturated heterocycles. The van der Waals surface area contributed by atoms with Crippen LogP contribution >= 0.6 is 27.5 Å². The molecule has 16 heavy (non-hydrogen) atoms. The van der Waals surface area contributed by atoms with Gasteiger partial charge < -0.3 is 5.32 Å². The monoisotopic (exact) mass is 301 g/mol. The Bertz CT molecular complexity index is 420. The van der Waals surface area contributed by atoms with E-state index in [9.17, 15) is 0 Å². The Labute approximate surface area is 108 Å². The van der Waals surface area contributed by atoms with E-state index in [1.165, 1.54) is 32.1 Å². The molecule has 2 saturated carbocycles. The molecule has 1 heterocycles. The average Bonchev–Trinajstić information content (AvgIpc) is 2.92. The molecule has 3 rings (SSSR count). The first kappa shape index (κ1) is 10.8. The van der Waals surface area contributed by atoms with Crippen molar-refractivity contribution < 1.29 is 0 Å². The summed E-state index contributed by atoms with van der Waals surface area (Å²) in [5, 5.41) is 3.82. The first-order chi connectivity index (χ1) is 7.70. The van der Waals surface area contributed by atoms with Gasteiger partial charge in [-0.25, -0.2) is 4.98 Å². The van der Waals surface area contributed by atoms with E-state index in [0.29, 0.717) is 16.7 Å². The van der Waals surface area contributed by atoms with Crippen molar-refractivity contribution in [3.63, 3.8) is 0 Å². The fourth-order valence-electron chi connectivity index (χ4n) is 2.73. The van der Waals surface area contributed by atoms with Gasteiger partial charge in [0.2, 0.25) is 5.28 Å². The van der Waals surface area contributed by atoms with Gasteiger partial charge in [-0.3, -0.25) is 0 Å². The third kappa shape index (κ3) is 1.82. The Morgan fingerprint density at radius 2 is 2.25 bits per heavy atom. The zero-order chi connectivity index (χ0) is 11.2. The topological polar surface area (TPSA) is 37.8 Å². The maximum absolute atomic E-state index is 5.81. The maximum Gasteiger partial charge on any atom is 0.224 e. The fourth-order valence-corrected chi connectivity index (χ4v) is 3.17. The zero-order valence-electron chi connectivity index (χ0n) is 8.84. The molecule has 0 aromatic carbocycles. The van der Waals surface area contributed by atoms with Crippen molar-refractivity contribution in [2.75, 3.05) is 5.32 Å². The van der Waals surface area contributed by atoms with Gasteiger partial charge in [0.25, 0.3) is 0 Å². The molecule has 1 unspecified atom stereocenters. The molecule has 2 aliphatic carbocycles. The second-order valence-electron chi connectivity index (χ2n) is 4.79. The number of nitrogens with one attached hydrogen (secondary N) is 1. The van der Waals surface area contributed by atoms with Crippen LogP contribution in [-0.4, -0.2) is 16.0 Å². The summed E-state index contributed by atoms with van der Waals surface area (Å²) in [6.07, 6.45) is 8.36. The predicted molar refractivity (Wildman–Crippen MR) is 67.7 cm³/mol. The maximum atomic E-state index is 5.81. The van der Waals surface area contributed by atoms with E-state index in [-0.39, 0.29) is 0 Å². The second-order valence-corrected chi connectivity index (χ2v) is 5.98. The summed E-state index contributed by atoms with van der Waals surface area (Å²) in [6, 6.07) is 0.565. The molecule has 2 aliphatic rings. The van der Waals surface area contributed by atoms with Crippen LogP contribution in [0.25, 0.3) is 0 Å². The molecule has 2 fully saturated rings. The minimum absolute atomic E-state index is 0.300. The molecule has 0 bridgehead atoms. The van der Waals surface area contributed by atoms with Crippen LogP contribution in [0, 0.1) is 5.41 Å². The van der Waals surface area contributed by atoms with Crippen LogP contribution in [0.15, 0.2) is 10.7 Å². The van der Waals surface area contributed by atoms with Gasteiger partial charge in [0.05, 0.1) is 4.47 Å². The van der Waals surface area contributed by atoms with Crippen LogP contribution in [-0.2, 0) is 0 Å². The zero-order valence-corrected chi connectivity index (χ0v) is 11.2. The number of aromatic nitrogens is 2. The van der Waals surface area contributed by atoms with Crippen molar-refractivity contribution >= 4 is 33.3 Å². The molecule has 0 aliphatic heterocycles. The fraction of sp³-hybridized carbons (Fsp3) is 0.636. The number of hydrogen-bond acceptors (Lipinski definition) is 3. The van der Waals surface area contributed by atoms with Crippen LogP contribution < -0.4 is 5.32 Å². The third-order valence-electron chi connectivity index (χ3n) is 3.82. The Balaban J connectivity index is 1.81. The first-order valence-corrected chi connectivity index (χ1v) is 6.81. The van der Waals surface area contributed by atoms with Gasteiger partial charge in [-0.2, -0.15) is 4.98 Å². The lowest BCUT2D eigenvalue weighted by Gasteiger charge is -2.21. The number of halogens is 2. The van der Waals surface area contributed by atoms with E-state index in [1.54, 1.807) is 6.20 Å². The SMILES string of the molecule is Clc1ncc(Br)c(NC2CCCC23CC3)n1.